The van der Waals surface area contributed by atoms with E-state index < -0.39 is 0 Å². The third kappa shape index (κ3) is 3.05. The van der Waals surface area contributed by atoms with Gasteiger partial charge in [0.05, 0.1) is 5.69 Å². The number of halogens is 1. The summed E-state index contributed by atoms with van der Waals surface area (Å²) in [5.41, 5.74) is 7.51. The van der Waals surface area contributed by atoms with E-state index in [1.54, 1.807) is 12.1 Å². The summed E-state index contributed by atoms with van der Waals surface area (Å²) in [5.74, 6) is -0.351. The first-order chi connectivity index (χ1) is 8.66. The summed E-state index contributed by atoms with van der Waals surface area (Å²) >= 11 is 4.80. The fraction of sp³-hybridized carbons (Fsp3) is 0.0714. The van der Waals surface area contributed by atoms with E-state index >= 15 is 0 Å². The van der Waals surface area contributed by atoms with Crippen molar-refractivity contribution in [3.63, 3.8) is 0 Å². The van der Waals surface area contributed by atoms with Gasteiger partial charge in [0.25, 0.3) is 0 Å². The number of anilines is 1. The number of nitrogens with one attached hydrogen (secondary N) is 1. The second-order valence-electron chi connectivity index (χ2n) is 3.90. The molecule has 0 aliphatic heterocycles. The van der Waals surface area contributed by atoms with Crippen LogP contribution in [0.25, 0.3) is 0 Å². The van der Waals surface area contributed by atoms with Crippen LogP contribution in [-0.2, 0) is 6.54 Å². The Morgan fingerprint density at radius 2 is 1.89 bits per heavy atom. The Labute approximate surface area is 111 Å². The number of hydrogen-bond acceptors (Lipinski definition) is 2. The Bertz CT molecular complexity index is 555. The summed E-state index contributed by atoms with van der Waals surface area (Å²) in [6.07, 6.45) is 0. The summed E-state index contributed by atoms with van der Waals surface area (Å²) in [6.45, 7) is 0.574. The molecule has 18 heavy (non-hydrogen) atoms. The van der Waals surface area contributed by atoms with Gasteiger partial charge in [-0.25, -0.2) is 4.39 Å². The van der Waals surface area contributed by atoms with Crippen molar-refractivity contribution in [2.45, 2.75) is 6.54 Å². The van der Waals surface area contributed by atoms with Crippen LogP contribution < -0.4 is 11.1 Å². The highest BCUT2D eigenvalue weighted by Gasteiger charge is 2.04. The Hall–Kier alpha value is -1.94. The van der Waals surface area contributed by atoms with Gasteiger partial charge < -0.3 is 11.1 Å². The van der Waals surface area contributed by atoms with Crippen LogP contribution in [0.2, 0.25) is 0 Å². The average Bonchev–Trinajstić information content (AvgIpc) is 2.38. The van der Waals surface area contributed by atoms with Crippen molar-refractivity contribution >= 4 is 22.9 Å². The first kappa shape index (κ1) is 12.5. The monoisotopic (exact) mass is 260 g/mol. The quantitative estimate of drug-likeness (QED) is 0.830. The van der Waals surface area contributed by atoms with Crippen LogP contribution in [0.3, 0.4) is 0 Å². The molecule has 2 aromatic carbocycles. The molecule has 0 aliphatic rings. The van der Waals surface area contributed by atoms with Crippen molar-refractivity contribution in [2.24, 2.45) is 5.73 Å². The predicted molar refractivity (Wildman–Crippen MR) is 76.1 cm³/mol. The highest BCUT2D eigenvalue weighted by atomic mass is 32.1. The minimum atomic E-state index is -0.351. The van der Waals surface area contributed by atoms with E-state index in [0.29, 0.717) is 17.8 Å². The Morgan fingerprint density at radius 3 is 2.50 bits per heavy atom. The molecule has 4 heteroatoms. The topological polar surface area (TPSA) is 38.0 Å². The summed E-state index contributed by atoms with van der Waals surface area (Å²) in [5, 5.41) is 3.04. The lowest BCUT2D eigenvalue weighted by Crippen LogP contribution is -2.10. The molecule has 0 saturated heterocycles. The highest BCUT2D eigenvalue weighted by Crippen LogP contribution is 2.16. The molecular formula is C14H13FN2S. The molecule has 2 rings (SSSR count). The van der Waals surface area contributed by atoms with Crippen molar-refractivity contribution in [3.8, 4) is 0 Å². The Kier molecular flexibility index (Phi) is 3.89. The lowest BCUT2D eigenvalue weighted by Gasteiger charge is -2.08. The lowest BCUT2D eigenvalue weighted by molar-refractivity contribution is 0.630. The minimum absolute atomic E-state index is 0.198. The van der Waals surface area contributed by atoms with Crippen molar-refractivity contribution in [2.75, 3.05) is 5.32 Å². The largest absolute Gasteiger partial charge is 0.389 e. The van der Waals surface area contributed by atoms with E-state index in [4.69, 9.17) is 18.0 Å². The third-order valence-corrected chi connectivity index (χ3v) is 2.82. The normalized spacial score (nSPS) is 10.1. The van der Waals surface area contributed by atoms with Crippen molar-refractivity contribution in [1.82, 2.24) is 0 Å². The van der Waals surface area contributed by atoms with Gasteiger partial charge in [0, 0.05) is 12.1 Å². The highest BCUT2D eigenvalue weighted by molar-refractivity contribution is 7.80. The molecule has 2 nitrogen and oxygen atoms in total. The van der Waals surface area contributed by atoms with Crippen LogP contribution in [0, 0.1) is 5.82 Å². The zero-order chi connectivity index (χ0) is 13.0. The average molecular weight is 260 g/mol. The molecule has 0 bridgehead atoms. The zero-order valence-electron chi connectivity index (χ0n) is 9.69. The van der Waals surface area contributed by atoms with Crippen molar-refractivity contribution in [1.29, 1.82) is 0 Å². The van der Waals surface area contributed by atoms with E-state index in [1.165, 1.54) is 6.07 Å². The molecule has 0 amide bonds. The molecule has 0 saturated carbocycles. The summed E-state index contributed by atoms with van der Waals surface area (Å²) in [7, 11) is 0. The standard InChI is InChI=1S/C14H13FN2S/c15-12-8-11(14(16)18)6-7-13(12)17-9-10-4-2-1-3-5-10/h1-8,17H,9H2,(H2,16,18). The molecule has 0 heterocycles. The van der Waals surface area contributed by atoms with Gasteiger partial charge in [0.15, 0.2) is 0 Å². The molecule has 2 aromatic rings. The third-order valence-electron chi connectivity index (χ3n) is 2.58. The first-order valence-electron chi connectivity index (χ1n) is 5.54. The maximum atomic E-state index is 13.7. The van der Waals surface area contributed by atoms with Gasteiger partial charge in [-0.1, -0.05) is 42.5 Å². The van der Waals surface area contributed by atoms with Crippen molar-refractivity contribution in [3.05, 3.63) is 65.5 Å². The molecular weight excluding hydrogens is 247 g/mol. The van der Waals surface area contributed by atoms with E-state index in [2.05, 4.69) is 5.32 Å². The summed E-state index contributed by atoms with van der Waals surface area (Å²) in [4.78, 5) is 0.198. The van der Waals surface area contributed by atoms with Crippen LogP contribution in [0.5, 0.6) is 0 Å². The Morgan fingerprint density at radius 1 is 1.17 bits per heavy atom. The fourth-order valence-corrected chi connectivity index (χ4v) is 1.73. The van der Waals surface area contributed by atoms with E-state index in [0.717, 1.165) is 5.56 Å². The van der Waals surface area contributed by atoms with Gasteiger partial charge >= 0.3 is 0 Å². The van der Waals surface area contributed by atoms with E-state index in [9.17, 15) is 4.39 Å². The molecule has 0 atom stereocenters. The van der Waals surface area contributed by atoms with Crippen LogP contribution in [0.4, 0.5) is 10.1 Å². The maximum absolute atomic E-state index is 13.7. The van der Waals surface area contributed by atoms with Gasteiger partial charge in [-0.15, -0.1) is 0 Å². The van der Waals surface area contributed by atoms with Gasteiger partial charge in [0.2, 0.25) is 0 Å². The van der Waals surface area contributed by atoms with E-state index in [-0.39, 0.29) is 10.8 Å². The molecule has 0 unspecified atom stereocenters. The van der Waals surface area contributed by atoms with E-state index in [1.807, 2.05) is 30.3 Å². The molecule has 92 valence electrons. The van der Waals surface area contributed by atoms with Crippen LogP contribution >= 0.6 is 12.2 Å². The number of thiocarbonyl (C=S) groups is 1. The predicted octanol–water partition coefficient (Wildman–Crippen LogP) is 3.07. The number of nitrogens with two attached hydrogens (primary N) is 1. The van der Waals surface area contributed by atoms with Crippen molar-refractivity contribution < 1.29 is 4.39 Å². The number of rotatable bonds is 4. The Balaban J connectivity index is 2.08. The second kappa shape index (κ2) is 5.60. The SMILES string of the molecule is NC(=S)c1ccc(NCc2ccccc2)c(F)c1. The molecule has 0 spiro atoms. The number of hydrogen-bond donors (Lipinski definition) is 2. The minimum Gasteiger partial charge on any atom is -0.389 e. The second-order valence-corrected chi connectivity index (χ2v) is 4.34. The molecule has 0 radical (unpaired) electrons. The van der Waals surface area contributed by atoms with Gasteiger partial charge in [-0.3, -0.25) is 0 Å². The summed E-state index contributed by atoms with van der Waals surface area (Å²) < 4.78 is 13.7. The molecule has 0 aliphatic carbocycles. The first-order valence-corrected chi connectivity index (χ1v) is 5.95. The maximum Gasteiger partial charge on any atom is 0.146 e. The molecule has 0 fully saturated rings. The van der Waals surface area contributed by atoms with Crippen LogP contribution in [0.15, 0.2) is 48.5 Å². The van der Waals surface area contributed by atoms with Crippen LogP contribution in [0.1, 0.15) is 11.1 Å². The molecule has 0 aromatic heterocycles. The molecule has 3 N–H and O–H groups in total. The smallest absolute Gasteiger partial charge is 0.146 e. The zero-order valence-corrected chi connectivity index (χ0v) is 10.5. The number of benzene rings is 2. The van der Waals surface area contributed by atoms with Gasteiger partial charge in [-0.2, -0.15) is 0 Å². The van der Waals surface area contributed by atoms with Crippen LogP contribution in [-0.4, -0.2) is 4.99 Å². The van der Waals surface area contributed by atoms with Gasteiger partial charge in [0.1, 0.15) is 10.8 Å². The lowest BCUT2D eigenvalue weighted by atomic mass is 10.2. The fourth-order valence-electron chi connectivity index (χ4n) is 1.60. The van der Waals surface area contributed by atoms with Gasteiger partial charge in [-0.05, 0) is 23.8 Å². The summed E-state index contributed by atoms with van der Waals surface area (Å²) in [6, 6.07) is 14.5.